The van der Waals surface area contributed by atoms with E-state index >= 15 is 0 Å². The number of ketones is 1. The second kappa shape index (κ2) is 6.94. The fraction of sp³-hybridized carbons (Fsp3) is 0.400. The van der Waals surface area contributed by atoms with Crippen molar-refractivity contribution in [3.8, 4) is 17.2 Å². The first kappa shape index (κ1) is 18.3. The first-order valence-electron chi connectivity index (χ1n) is 10.3. The van der Waals surface area contributed by atoms with E-state index in [9.17, 15) is 4.79 Å². The lowest BCUT2D eigenvalue weighted by atomic mass is 9.77. The predicted octanol–water partition coefficient (Wildman–Crippen LogP) is 4.87. The Morgan fingerprint density at radius 1 is 0.724 bits per heavy atom. The van der Waals surface area contributed by atoms with Crippen molar-refractivity contribution < 1.29 is 19.0 Å². The van der Waals surface area contributed by atoms with Gasteiger partial charge >= 0.3 is 0 Å². The van der Waals surface area contributed by atoms with Gasteiger partial charge in [-0.05, 0) is 78.0 Å². The first-order chi connectivity index (χ1) is 14.1. The molecule has 0 spiro atoms. The van der Waals surface area contributed by atoms with E-state index < -0.39 is 0 Å². The number of hydrogen-bond acceptors (Lipinski definition) is 4. The number of rotatable bonds is 5. The van der Waals surface area contributed by atoms with E-state index in [2.05, 4.69) is 12.1 Å². The fourth-order valence-corrected chi connectivity index (χ4v) is 5.91. The molecule has 0 heterocycles. The molecule has 0 aromatic heterocycles. The number of Topliss-reactive ketones (excluding diaryl/α,β-unsaturated/α-hetero) is 1. The summed E-state index contributed by atoms with van der Waals surface area (Å²) >= 11 is 0. The lowest BCUT2D eigenvalue weighted by Crippen LogP contribution is -2.24. The number of carbonyl (C=O) groups is 1. The Hall–Kier alpha value is -2.75. The maximum atomic E-state index is 13.7. The van der Waals surface area contributed by atoms with Gasteiger partial charge in [-0.1, -0.05) is 12.1 Å². The monoisotopic (exact) mass is 390 g/mol. The highest BCUT2D eigenvalue weighted by molar-refractivity contribution is 6.33. The molecular formula is C25H26O4. The van der Waals surface area contributed by atoms with Crippen LogP contribution in [0.1, 0.15) is 30.4 Å². The van der Waals surface area contributed by atoms with Crippen LogP contribution in [0.15, 0.2) is 42.5 Å². The molecule has 4 atom stereocenters. The van der Waals surface area contributed by atoms with Crippen LogP contribution in [0, 0.1) is 23.7 Å². The molecule has 4 nitrogen and oxygen atoms in total. The van der Waals surface area contributed by atoms with Gasteiger partial charge in [-0.3, -0.25) is 4.79 Å². The van der Waals surface area contributed by atoms with E-state index in [1.807, 2.05) is 30.3 Å². The van der Waals surface area contributed by atoms with Crippen LogP contribution in [-0.2, 0) is 4.79 Å². The van der Waals surface area contributed by atoms with Gasteiger partial charge in [0.25, 0.3) is 0 Å². The molecule has 0 saturated heterocycles. The molecule has 2 bridgehead atoms. The van der Waals surface area contributed by atoms with Crippen molar-refractivity contribution >= 4 is 16.9 Å². The second-order valence-corrected chi connectivity index (χ2v) is 8.37. The average molecular weight is 390 g/mol. The van der Waals surface area contributed by atoms with E-state index in [-0.39, 0.29) is 5.92 Å². The van der Waals surface area contributed by atoms with Crippen molar-refractivity contribution in [1.82, 2.24) is 0 Å². The maximum absolute atomic E-state index is 13.7. The molecule has 2 unspecified atom stereocenters. The molecule has 0 amide bonds. The number of benzene rings is 2. The van der Waals surface area contributed by atoms with Gasteiger partial charge in [0, 0.05) is 17.6 Å². The topological polar surface area (TPSA) is 44.8 Å². The Balaban J connectivity index is 1.71. The smallest absolute Gasteiger partial charge is 0.167 e. The third-order valence-corrected chi connectivity index (χ3v) is 7.11. The minimum Gasteiger partial charge on any atom is -0.497 e. The number of carbonyl (C=O) groups excluding carboxylic acids is 1. The Labute approximate surface area is 171 Å². The van der Waals surface area contributed by atoms with E-state index in [4.69, 9.17) is 14.2 Å². The van der Waals surface area contributed by atoms with Crippen molar-refractivity contribution in [1.29, 1.82) is 0 Å². The van der Waals surface area contributed by atoms with Gasteiger partial charge in [-0.2, -0.15) is 0 Å². The normalized spacial score (nSPS) is 27.3. The molecule has 4 heteroatoms. The minimum absolute atomic E-state index is 0.123. The number of ether oxygens (including phenoxy) is 3. The average Bonchev–Trinajstić information content (AvgIpc) is 3.46. The summed E-state index contributed by atoms with van der Waals surface area (Å²) in [5.74, 6) is 4.10. The van der Waals surface area contributed by atoms with Crippen LogP contribution in [0.5, 0.6) is 17.2 Å². The Kier molecular flexibility index (Phi) is 4.38. The fourth-order valence-electron chi connectivity index (χ4n) is 5.91. The lowest BCUT2D eigenvalue weighted by Gasteiger charge is -2.26. The molecule has 3 aliphatic carbocycles. The highest BCUT2D eigenvalue weighted by Crippen LogP contribution is 2.62. The van der Waals surface area contributed by atoms with Gasteiger partial charge in [0.05, 0.1) is 21.3 Å². The van der Waals surface area contributed by atoms with Crippen molar-refractivity contribution in [3.63, 3.8) is 0 Å². The van der Waals surface area contributed by atoms with Crippen molar-refractivity contribution in [2.24, 2.45) is 23.7 Å². The lowest BCUT2D eigenvalue weighted by molar-refractivity contribution is -0.118. The molecule has 3 aliphatic rings. The van der Waals surface area contributed by atoms with Gasteiger partial charge in [-0.25, -0.2) is 0 Å². The molecular weight excluding hydrogens is 364 g/mol. The zero-order valence-electron chi connectivity index (χ0n) is 17.1. The molecule has 2 saturated carbocycles. The molecule has 2 fully saturated rings. The van der Waals surface area contributed by atoms with Crippen molar-refractivity contribution in [2.45, 2.75) is 19.3 Å². The van der Waals surface area contributed by atoms with E-state index in [0.29, 0.717) is 35.0 Å². The maximum Gasteiger partial charge on any atom is 0.167 e. The zero-order chi connectivity index (χ0) is 20.1. The molecule has 5 rings (SSSR count). The van der Waals surface area contributed by atoms with Crippen molar-refractivity contribution in [2.75, 3.05) is 21.3 Å². The van der Waals surface area contributed by atoms with Crippen LogP contribution in [0.2, 0.25) is 0 Å². The number of fused-ring (bicyclic) bond motifs is 5. The Bertz CT molecular complexity index is 966. The number of hydrogen-bond donors (Lipinski definition) is 0. The molecule has 0 aliphatic heterocycles. The molecule has 29 heavy (non-hydrogen) atoms. The number of methoxy groups -OCH3 is 3. The zero-order valence-corrected chi connectivity index (χ0v) is 17.1. The van der Waals surface area contributed by atoms with Crippen LogP contribution < -0.4 is 14.2 Å². The molecule has 150 valence electrons. The second-order valence-electron chi connectivity index (χ2n) is 8.37. The van der Waals surface area contributed by atoms with Crippen LogP contribution in [-0.4, -0.2) is 27.1 Å². The SMILES string of the molecule is COc1ccc(C2=C(c3cc(OC)cc(OC)c3)C(=O)C3C2[C@@H]2CC[C@H]3C2)cc1. The molecule has 0 N–H and O–H groups in total. The van der Waals surface area contributed by atoms with E-state index in [1.165, 1.54) is 24.8 Å². The van der Waals surface area contributed by atoms with Gasteiger partial charge in [0.1, 0.15) is 17.2 Å². The summed E-state index contributed by atoms with van der Waals surface area (Å²) in [6, 6.07) is 13.9. The summed E-state index contributed by atoms with van der Waals surface area (Å²) in [5, 5.41) is 0. The summed E-state index contributed by atoms with van der Waals surface area (Å²) in [7, 11) is 4.96. The van der Waals surface area contributed by atoms with Gasteiger partial charge in [0.2, 0.25) is 0 Å². The summed E-state index contributed by atoms with van der Waals surface area (Å²) in [6.07, 6.45) is 3.60. The third-order valence-electron chi connectivity index (χ3n) is 7.11. The quantitative estimate of drug-likeness (QED) is 0.731. The Morgan fingerprint density at radius 2 is 1.31 bits per heavy atom. The largest absolute Gasteiger partial charge is 0.497 e. The summed E-state index contributed by atoms with van der Waals surface area (Å²) in [4.78, 5) is 13.7. The number of allylic oxidation sites excluding steroid dienone is 2. The van der Waals surface area contributed by atoms with Gasteiger partial charge in [-0.15, -0.1) is 0 Å². The van der Waals surface area contributed by atoms with Crippen LogP contribution in [0.4, 0.5) is 0 Å². The van der Waals surface area contributed by atoms with Crippen LogP contribution in [0.25, 0.3) is 11.1 Å². The standard InChI is InChI=1S/C25H26O4/c1-27-18-8-6-14(7-9-18)21-22-15-4-5-16(10-15)23(22)25(26)24(21)17-11-19(28-2)13-20(12-17)29-3/h6-9,11-13,15-16,22-23H,4-5,10H2,1-3H3/t15-,16+,22?,23?/m1/s1. The highest BCUT2D eigenvalue weighted by Gasteiger charge is 2.57. The Morgan fingerprint density at radius 3 is 1.90 bits per heavy atom. The van der Waals surface area contributed by atoms with Crippen molar-refractivity contribution in [3.05, 3.63) is 53.6 Å². The van der Waals surface area contributed by atoms with Gasteiger partial charge < -0.3 is 14.2 Å². The molecule has 0 radical (unpaired) electrons. The third kappa shape index (κ3) is 2.77. The van der Waals surface area contributed by atoms with Crippen LogP contribution >= 0.6 is 0 Å². The highest BCUT2D eigenvalue weighted by atomic mass is 16.5. The summed E-state index contributed by atoms with van der Waals surface area (Å²) in [5.41, 5.74) is 4.06. The minimum atomic E-state index is 0.123. The van der Waals surface area contributed by atoms with E-state index in [1.54, 1.807) is 21.3 Å². The predicted molar refractivity (Wildman–Crippen MR) is 112 cm³/mol. The molecule has 2 aromatic carbocycles. The summed E-state index contributed by atoms with van der Waals surface area (Å²) < 4.78 is 16.3. The first-order valence-corrected chi connectivity index (χ1v) is 10.3. The van der Waals surface area contributed by atoms with Gasteiger partial charge in [0.15, 0.2) is 5.78 Å². The summed E-state index contributed by atoms with van der Waals surface area (Å²) in [6.45, 7) is 0. The van der Waals surface area contributed by atoms with Crippen LogP contribution in [0.3, 0.4) is 0 Å². The molecule has 2 aromatic rings. The van der Waals surface area contributed by atoms with E-state index in [0.717, 1.165) is 22.4 Å².